The molecule has 0 bridgehead atoms. The van der Waals surface area contributed by atoms with Crippen LogP contribution in [-0.4, -0.2) is 38.1 Å². The van der Waals surface area contributed by atoms with Gasteiger partial charge in [-0.1, -0.05) is 67.6 Å². The molecule has 0 amide bonds. The Hall–Kier alpha value is -5.68. The number of pyridine rings is 4. The van der Waals surface area contributed by atoms with Crippen LogP contribution in [0, 0.1) is 27.7 Å². The van der Waals surface area contributed by atoms with E-state index in [4.69, 9.17) is 11.5 Å². The highest BCUT2D eigenvalue weighted by Gasteiger charge is 2.19. The summed E-state index contributed by atoms with van der Waals surface area (Å²) in [5.74, 6) is 0.267. The predicted molar refractivity (Wildman–Crippen MR) is 219 cm³/mol. The smallest absolute Gasteiger partial charge is 0.266 e. The molecule has 0 radical (unpaired) electrons. The highest BCUT2D eigenvalue weighted by molar-refractivity contribution is 7.17. The lowest BCUT2D eigenvalue weighted by atomic mass is 9.92. The summed E-state index contributed by atoms with van der Waals surface area (Å²) in [4.78, 5) is 40.3. The number of thiophene rings is 1. The van der Waals surface area contributed by atoms with Crippen molar-refractivity contribution in [1.82, 2.24) is 19.9 Å². The molecule has 0 spiro atoms. The molecule has 10 heteroatoms. The Balaban J connectivity index is 0.000000165. The Morgan fingerprint density at radius 2 is 1.26 bits per heavy atom. The average Bonchev–Trinajstić information content (AvgIpc) is 3.65. The van der Waals surface area contributed by atoms with E-state index in [1.807, 2.05) is 45.2 Å². The maximum atomic E-state index is 12.6. The second-order valence-corrected chi connectivity index (χ2v) is 14.5. The van der Waals surface area contributed by atoms with Gasteiger partial charge in [0.05, 0.1) is 27.8 Å². The number of nitrogens with two attached hydrogens (primary N) is 2. The fourth-order valence-electron chi connectivity index (χ4n) is 7.39. The van der Waals surface area contributed by atoms with E-state index in [1.165, 1.54) is 28.5 Å². The first kappa shape index (κ1) is 35.7. The summed E-state index contributed by atoms with van der Waals surface area (Å²) in [6.07, 6.45) is 0.869. The van der Waals surface area contributed by atoms with Crippen molar-refractivity contribution in [2.75, 3.05) is 13.1 Å². The molecule has 0 aliphatic heterocycles. The van der Waals surface area contributed by atoms with E-state index in [1.54, 1.807) is 6.07 Å². The second-order valence-electron chi connectivity index (χ2n) is 13.6. The number of aromatic amines is 2. The predicted octanol–water partition coefficient (Wildman–Crippen LogP) is 8.05. The molecule has 0 aliphatic carbocycles. The minimum absolute atomic E-state index is 0.0224. The van der Waals surface area contributed by atoms with Crippen LogP contribution < -0.4 is 22.6 Å². The van der Waals surface area contributed by atoms with Crippen LogP contribution >= 0.6 is 11.3 Å². The lowest BCUT2D eigenvalue weighted by molar-refractivity contribution is 0.481. The van der Waals surface area contributed by atoms with Crippen LogP contribution in [0.25, 0.3) is 64.9 Å². The van der Waals surface area contributed by atoms with Gasteiger partial charge in [-0.2, -0.15) is 0 Å². The quantitative estimate of drug-likeness (QED) is 0.108. The number of nitrogens with one attached hydrogen (secondary N) is 2. The molecule has 5 heterocycles. The number of hydrogen-bond acceptors (Lipinski definition) is 8. The lowest BCUT2D eigenvalue weighted by Gasteiger charge is -2.16. The van der Waals surface area contributed by atoms with Crippen LogP contribution in [0.5, 0.6) is 5.75 Å². The topological polar surface area (TPSA) is 164 Å². The molecule has 0 saturated carbocycles. The Labute approximate surface area is 310 Å². The molecule has 1 unspecified atom stereocenters. The Morgan fingerprint density at radius 3 is 1.85 bits per heavy atom. The molecule has 5 aromatic heterocycles. The van der Waals surface area contributed by atoms with Crippen molar-refractivity contribution >= 4 is 54.0 Å². The summed E-state index contributed by atoms with van der Waals surface area (Å²) in [6, 6.07) is 24.0. The first-order chi connectivity index (χ1) is 25.5. The zero-order chi connectivity index (χ0) is 37.6. The molecule has 0 aliphatic rings. The summed E-state index contributed by atoms with van der Waals surface area (Å²) < 4.78 is 0.763. The molecule has 7 N–H and O–H groups in total. The van der Waals surface area contributed by atoms with Crippen LogP contribution in [0.3, 0.4) is 0 Å². The van der Waals surface area contributed by atoms with E-state index in [9.17, 15) is 14.7 Å². The van der Waals surface area contributed by atoms with Gasteiger partial charge >= 0.3 is 0 Å². The fourth-order valence-corrected chi connectivity index (χ4v) is 8.18. The van der Waals surface area contributed by atoms with Crippen molar-refractivity contribution in [2.24, 2.45) is 11.5 Å². The van der Waals surface area contributed by atoms with Crippen molar-refractivity contribution in [3.8, 4) is 28.0 Å². The number of H-pyrrole nitrogens is 2. The average molecular weight is 723 g/mol. The number of aromatic nitrogens is 4. The van der Waals surface area contributed by atoms with Gasteiger partial charge in [-0.15, -0.1) is 11.3 Å². The number of phenols is 1. The third kappa shape index (κ3) is 6.39. The molecular weight excluding hydrogens is 681 g/mol. The van der Waals surface area contributed by atoms with Crippen molar-refractivity contribution in [2.45, 2.75) is 47.0 Å². The molecular formula is C43H42N6O3S. The van der Waals surface area contributed by atoms with Crippen molar-refractivity contribution < 1.29 is 5.11 Å². The summed E-state index contributed by atoms with van der Waals surface area (Å²) in [5.41, 5.74) is 22.6. The molecule has 268 valence electrons. The van der Waals surface area contributed by atoms with Crippen LogP contribution in [0.4, 0.5) is 0 Å². The van der Waals surface area contributed by atoms with Crippen LogP contribution in [0.2, 0.25) is 0 Å². The molecule has 9 nitrogen and oxygen atoms in total. The zero-order valence-electron chi connectivity index (χ0n) is 30.4. The van der Waals surface area contributed by atoms with E-state index in [0.29, 0.717) is 24.0 Å². The summed E-state index contributed by atoms with van der Waals surface area (Å²) in [7, 11) is 0. The largest absolute Gasteiger partial charge is 0.507 e. The highest BCUT2D eigenvalue weighted by Crippen LogP contribution is 2.38. The Bertz CT molecular complexity index is 2780. The first-order valence-corrected chi connectivity index (χ1v) is 18.5. The zero-order valence-corrected chi connectivity index (χ0v) is 31.2. The standard InChI is InChI=1S/C23H23N3O2.C20H19N3OS/c1-12(11-24)15-7-9-16(10-8-15)19-13(2)25-14(3)22-21(19)17-5-4-6-18(27)20(17)23(28)26-22;1-11-16(14-5-3-13(4-6-14)7-9-21)17-15-8-10-25-19(15)20(24)23-18(17)12(2)22-11/h4-10,12,27H,11,24H2,1-3H3,(H,26,28);3-6,8,10H,7,9,21H2,1-2H3,(H,23,24). The van der Waals surface area contributed by atoms with Gasteiger partial charge in [-0.3, -0.25) is 19.6 Å². The summed E-state index contributed by atoms with van der Waals surface area (Å²) in [6.45, 7) is 11.2. The Morgan fingerprint density at radius 1 is 0.698 bits per heavy atom. The van der Waals surface area contributed by atoms with Crippen LogP contribution in [0.15, 0.2) is 87.8 Å². The van der Waals surface area contributed by atoms with Crippen molar-refractivity contribution in [3.63, 3.8) is 0 Å². The van der Waals surface area contributed by atoms with E-state index >= 15 is 0 Å². The third-order valence-corrected chi connectivity index (χ3v) is 11.0. The highest BCUT2D eigenvalue weighted by atomic mass is 32.1. The van der Waals surface area contributed by atoms with Gasteiger partial charge in [-0.05, 0) is 92.9 Å². The first-order valence-electron chi connectivity index (χ1n) is 17.7. The van der Waals surface area contributed by atoms with Gasteiger partial charge in [0.15, 0.2) is 0 Å². The van der Waals surface area contributed by atoms with Gasteiger partial charge in [0.2, 0.25) is 0 Å². The van der Waals surface area contributed by atoms with Gasteiger partial charge in [0, 0.05) is 44.1 Å². The fraction of sp³-hybridized carbons (Fsp3) is 0.209. The minimum atomic E-state index is -0.313. The molecule has 8 rings (SSSR count). The van der Waals surface area contributed by atoms with Crippen LogP contribution in [-0.2, 0) is 6.42 Å². The number of aromatic hydroxyl groups is 1. The maximum absolute atomic E-state index is 12.6. The molecule has 3 aromatic carbocycles. The van der Waals surface area contributed by atoms with Gasteiger partial charge in [-0.25, -0.2) is 0 Å². The van der Waals surface area contributed by atoms with E-state index < -0.39 is 0 Å². The molecule has 8 aromatic rings. The number of rotatable bonds is 6. The number of aryl methyl sites for hydroxylation is 4. The monoisotopic (exact) mass is 722 g/mol. The SMILES string of the molecule is Cc1nc(C)c2[nH]c(=O)c3c(O)cccc3c2c1-c1ccc(C(C)CN)cc1.Cc1nc(C)c2[nH]c(=O)c3sccc3c2c1-c1ccc(CCN)cc1. The summed E-state index contributed by atoms with van der Waals surface area (Å²) in [5, 5.41) is 16.3. The second kappa shape index (κ2) is 14.4. The van der Waals surface area contributed by atoms with Gasteiger partial charge in [0.25, 0.3) is 11.1 Å². The normalized spacial score (nSPS) is 12.1. The molecule has 0 fully saturated rings. The molecule has 1 atom stereocenters. The third-order valence-electron chi connectivity index (χ3n) is 10.1. The van der Waals surface area contributed by atoms with Crippen molar-refractivity contribution in [3.05, 3.63) is 133 Å². The number of phenolic OH excluding ortho intramolecular Hbond substituents is 1. The van der Waals surface area contributed by atoms with E-state index in [0.717, 1.165) is 83.2 Å². The summed E-state index contributed by atoms with van der Waals surface area (Å²) >= 11 is 1.48. The lowest BCUT2D eigenvalue weighted by Crippen LogP contribution is -2.10. The van der Waals surface area contributed by atoms with Gasteiger partial charge in [0.1, 0.15) is 10.4 Å². The molecule has 53 heavy (non-hydrogen) atoms. The molecule has 0 saturated heterocycles. The minimum Gasteiger partial charge on any atom is -0.507 e. The number of fused-ring (bicyclic) bond motifs is 6. The maximum Gasteiger partial charge on any atom is 0.266 e. The number of benzene rings is 3. The number of hydrogen-bond donors (Lipinski definition) is 5. The van der Waals surface area contributed by atoms with E-state index in [-0.39, 0.29) is 22.8 Å². The van der Waals surface area contributed by atoms with Crippen LogP contribution in [0.1, 0.15) is 46.7 Å². The van der Waals surface area contributed by atoms with Crippen molar-refractivity contribution in [1.29, 1.82) is 0 Å². The van der Waals surface area contributed by atoms with E-state index in [2.05, 4.69) is 75.4 Å². The van der Waals surface area contributed by atoms with Gasteiger partial charge < -0.3 is 26.5 Å². The Kier molecular flexibility index (Phi) is 9.69. The number of nitrogens with zero attached hydrogens (tertiary/aromatic N) is 2.